The molecule has 0 radical (unpaired) electrons. The summed E-state index contributed by atoms with van der Waals surface area (Å²) in [6.07, 6.45) is 3.05. The highest BCUT2D eigenvalue weighted by Gasteiger charge is 2.38. The Morgan fingerprint density at radius 2 is 1.06 bits per heavy atom. The molecular formula is C38H32N6O4S2. The predicted octanol–water partition coefficient (Wildman–Crippen LogP) is 7.71. The molecule has 4 aromatic rings. The minimum atomic E-state index is -0.703. The van der Waals surface area contributed by atoms with Crippen LogP contribution >= 0.6 is 23.5 Å². The molecule has 2 amide bonds. The van der Waals surface area contributed by atoms with Crippen LogP contribution in [0.2, 0.25) is 0 Å². The van der Waals surface area contributed by atoms with Gasteiger partial charge in [0.05, 0.1) is 68.9 Å². The van der Waals surface area contributed by atoms with Gasteiger partial charge in [-0.1, -0.05) is 36.4 Å². The van der Waals surface area contributed by atoms with Crippen molar-refractivity contribution in [3.63, 3.8) is 0 Å². The summed E-state index contributed by atoms with van der Waals surface area (Å²) >= 11 is 2.89. The number of hydrogen-bond acceptors (Lipinski definition) is 10. The Hall–Kier alpha value is -5.82. The van der Waals surface area contributed by atoms with E-state index in [1.165, 1.54) is 36.1 Å². The van der Waals surface area contributed by atoms with Crippen molar-refractivity contribution in [2.24, 2.45) is 0 Å². The average Bonchev–Trinajstić information content (AvgIpc) is 3.86. The van der Waals surface area contributed by atoms with E-state index >= 15 is 0 Å². The van der Waals surface area contributed by atoms with E-state index in [1.54, 1.807) is 48.5 Å². The molecule has 0 saturated carbocycles. The average molecular weight is 701 g/mol. The fourth-order valence-corrected chi connectivity index (χ4v) is 8.03. The molecule has 2 aromatic carbocycles. The molecule has 2 unspecified atom stereocenters. The number of carbonyl (C=O) groups excluding carboxylic acids is 2. The molecule has 6 rings (SSSR count). The molecule has 2 atom stereocenters. The Labute approximate surface area is 298 Å². The lowest BCUT2D eigenvalue weighted by Gasteiger charge is -2.29. The van der Waals surface area contributed by atoms with Crippen molar-refractivity contribution >= 4 is 46.7 Å². The summed E-state index contributed by atoms with van der Waals surface area (Å²) in [6, 6.07) is 29.9. The van der Waals surface area contributed by atoms with Crippen LogP contribution in [0.15, 0.2) is 150 Å². The number of benzene rings is 2. The van der Waals surface area contributed by atoms with Gasteiger partial charge in [-0.25, -0.2) is 0 Å². The van der Waals surface area contributed by atoms with Crippen molar-refractivity contribution in [2.75, 3.05) is 22.1 Å². The number of dihydropyridines is 2. The minimum Gasteiger partial charge on any atom is -0.468 e. The summed E-state index contributed by atoms with van der Waals surface area (Å²) in [4.78, 5) is 27.1. The van der Waals surface area contributed by atoms with Crippen LogP contribution < -0.4 is 21.3 Å². The first kappa shape index (κ1) is 34.1. The van der Waals surface area contributed by atoms with Gasteiger partial charge in [-0.05, 0) is 62.4 Å². The highest BCUT2D eigenvalue weighted by atomic mass is 32.2. The number of nitriles is 2. The van der Waals surface area contributed by atoms with Crippen molar-refractivity contribution in [1.29, 1.82) is 10.5 Å². The summed E-state index contributed by atoms with van der Waals surface area (Å²) in [5.41, 5.74) is 4.04. The van der Waals surface area contributed by atoms with Crippen molar-refractivity contribution in [3.8, 4) is 12.1 Å². The molecule has 250 valence electrons. The summed E-state index contributed by atoms with van der Waals surface area (Å²) in [6.45, 7) is 3.62. The van der Waals surface area contributed by atoms with Gasteiger partial charge in [-0.15, -0.1) is 23.5 Å². The number of nitrogens with one attached hydrogen (secondary N) is 4. The number of para-hydroxylation sites is 2. The lowest BCUT2D eigenvalue weighted by Crippen LogP contribution is -2.31. The molecule has 0 fully saturated rings. The fraction of sp³-hybridized carbons (Fsp3) is 0.158. The van der Waals surface area contributed by atoms with Crippen molar-refractivity contribution in [3.05, 3.63) is 153 Å². The second-order valence-electron chi connectivity index (χ2n) is 11.3. The maximum Gasteiger partial charge on any atom is 0.254 e. The van der Waals surface area contributed by atoms with Gasteiger partial charge in [0.1, 0.15) is 11.5 Å². The Balaban J connectivity index is 1.20. The molecular weight excluding hydrogens is 669 g/mol. The summed E-state index contributed by atoms with van der Waals surface area (Å²) < 4.78 is 11.5. The van der Waals surface area contributed by atoms with E-state index in [1.807, 2.05) is 50.2 Å². The number of rotatable bonds is 11. The third kappa shape index (κ3) is 7.27. The Bertz CT molecular complexity index is 1940. The van der Waals surface area contributed by atoms with Crippen LogP contribution in [0, 0.1) is 22.7 Å². The van der Waals surface area contributed by atoms with Gasteiger partial charge in [0.25, 0.3) is 11.8 Å². The zero-order valence-corrected chi connectivity index (χ0v) is 28.8. The largest absolute Gasteiger partial charge is 0.468 e. The van der Waals surface area contributed by atoms with Gasteiger partial charge in [0, 0.05) is 34.3 Å². The molecule has 4 heterocycles. The molecule has 12 heteroatoms. The zero-order chi connectivity index (χ0) is 35.0. The molecule has 0 bridgehead atoms. The molecule has 0 saturated heterocycles. The Morgan fingerprint density at radius 1 is 0.660 bits per heavy atom. The van der Waals surface area contributed by atoms with Crippen LogP contribution in [0.3, 0.4) is 0 Å². The summed E-state index contributed by atoms with van der Waals surface area (Å²) in [7, 11) is 0. The van der Waals surface area contributed by atoms with Gasteiger partial charge < -0.3 is 30.1 Å². The van der Waals surface area contributed by atoms with E-state index in [0.717, 1.165) is 0 Å². The zero-order valence-electron chi connectivity index (χ0n) is 27.2. The van der Waals surface area contributed by atoms with Gasteiger partial charge >= 0.3 is 0 Å². The molecule has 50 heavy (non-hydrogen) atoms. The number of amides is 2. The highest BCUT2D eigenvalue weighted by Crippen LogP contribution is 2.43. The van der Waals surface area contributed by atoms with Crippen molar-refractivity contribution in [2.45, 2.75) is 25.7 Å². The third-order valence-electron chi connectivity index (χ3n) is 8.08. The molecule has 0 spiro atoms. The molecule has 10 nitrogen and oxygen atoms in total. The minimum absolute atomic E-state index is 0.333. The van der Waals surface area contributed by atoms with Crippen LogP contribution in [0.25, 0.3) is 0 Å². The van der Waals surface area contributed by atoms with Crippen LogP contribution in [-0.4, -0.2) is 23.3 Å². The molecule has 2 aliphatic heterocycles. The topological polar surface area (TPSA) is 156 Å². The van der Waals surface area contributed by atoms with Crippen LogP contribution in [-0.2, 0) is 9.59 Å². The van der Waals surface area contributed by atoms with Crippen LogP contribution in [0.4, 0.5) is 11.4 Å². The summed E-state index contributed by atoms with van der Waals surface area (Å²) in [5.74, 6) is 0.0167. The number of furan rings is 2. The predicted molar refractivity (Wildman–Crippen MR) is 195 cm³/mol. The number of thioether (sulfide) groups is 2. The SMILES string of the molecule is CC1=C(C(=O)Nc2ccccc2)C(c2ccco2)C(C#N)=C(SCCSC2=C(C#N)C(c3ccco3)C(C(=O)Nc3ccccc3)=C(C)N2)N1. The quantitative estimate of drug-likeness (QED) is 0.114. The first-order valence-electron chi connectivity index (χ1n) is 15.7. The van der Waals surface area contributed by atoms with E-state index in [4.69, 9.17) is 8.83 Å². The van der Waals surface area contributed by atoms with Gasteiger partial charge in [-0.2, -0.15) is 10.5 Å². The lowest BCUT2D eigenvalue weighted by molar-refractivity contribution is -0.114. The fourth-order valence-electron chi connectivity index (χ4n) is 5.86. The normalized spacial score (nSPS) is 17.4. The van der Waals surface area contributed by atoms with E-state index in [2.05, 4.69) is 33.4 Å². The molecule has 0 aliphatic carbocycles. The van der Waals surface area contributed by atoms with Crippen LogP contribution in [0.1, 0.15) is 37.2 Å². The molecule has 2 aliphatic rings. The van der Waals surface area contributed by atoms with E-state index < -0.39 is 11.8 Å². The maximum absolute atomic E-state index is 13.6. The monoisotopic (exact) mass is 700 g/mol. The van der Waals surface area contributed by atoms with E-state index in [0.29, 0.717) is 78.1 Å². The second-order valence-corrected chi connectivity index (χ2v) is 13.5. The number of nitrogens with zero attached hydrogens (tertiary/aromatic N) is 2. The number of hydrogen-bond donors (Lipinski definition) is 4. The number of anilines is 2. The number of carbonyl (C=O) groups is 2. The first-order valence-corrected chi connectivity index (χ1v) is 17.7. The van der Waals surface area contributed by atoms with Gasteiger partial charge in [0.15, 0.2) is 0 Å². The standard InChI is InChI=1S/C38H32N6O4S2/c1-23-31(35(45)43-25-11-5-3-6-12-25)33(29-15-9-17-47-29)27(21-39)37(41-23)49-19-20-50-38-28(22-40)34(30-16-10-18-48-30)32(24(2)42-38)36(46)44-26-13-7-4-8-14-26/h3-18,33-34,41-42H,19-20H2,1-2H3,(H,43,45)(H,44,46). The van der Waals surface area contributed by atoms with E-state index in [-0.39, 0.29) is 11.8 Å². The Morgan fingerprint density at radius 3 is 1.40 bits per heavy atom. The van der Waals surface area contributed by atoms with Crippen molar-refractivity contribution in [1.82, 2.24) is 10.6 Å². The van der Waals surface area contributed by atoms with E-state index in [9.17, 15) is 20.1 Å². The van der Waals surface area contributed by atoms with Gasteiger partial charge in [0.2, 0.25) is 0 Å². The van der Waals surface area contributed by atoms with Crippen LogP contribution in [0.5, 0.6) is 0 Å². The number of allylic oxidation sites excluding steroid dienone is 4. The maximum atomic E-state index is 13.6. The lowest BCUT2D eigenvalue weighted by atomic mass is 9.85. The van der Waals surface area contributed by atoms with Crippen molar-refractivity contribution < 1.29 is 18.4 Å². The first-order chi connectivity index (χ1) is 24.4. The smallest absolute Gasteiger partial charge is 0.254 e. The molecule has 4 N–H and O–H groups in total. The van der Waals surface area contributed by atoms with Gasteiger partial charge in [-0.3, -0.25) is 9.59 Å². The second kappa shape index (κ2) is 15.6. The molecule has 2 aromatic heterocycles. The summed E-state index contributed by atoms with van der Waals surface area (Å²) in [5, 5.41) is 34.5. The highest BCUT2D eigenvalue weighted by molar-refractivity contribution is 8.06. The Kier molecular flexibility index (Phi) is 10.6. The third-order valence-corrected chi connectivity index (χ3v) is 10.4.